The van der Waals surface area contributed by atoms with Gasteiger partial charge < -0.3 is 41.1 Å². The van der Waals surface area contributed by atoms with Gasteiger partial charge in [-0.15, -0.1) is 0 Å². The number of likely N-dealkylation sites (tertiary alicyclic amines) is 1. The van der Waals surface area contributed by atoms with Gasteiger partial charge in [0.25, 0.3) is 5.91 Å². The van der Waals surface area contributed by atoms with Crippen molar-refractivity contribution in [2.75, 3.05) is 32.0 Å². The van der Waals surface area contributed by atoms with Gasteiger partial charge in [-0.3, -0.25) is 4.79 Å². The van der Waals surface area contributed by atoms with Crippen LogP contribution in [0.15, 0.2) is 47.2 Å². The second-order valence-corrected chi connectivity index (χ2v) is 9.40. The third kappa shape index (κ3) is 5.83. The topological polar surface area (TPSA) is 102 Å². The first-order valence-electron chi connectivity index (χ1n) is 11.4. The molecule has 1 aliphatic heterocycles. The first-order chi connectivity index (χ1) is 15.4. The van der Waals surface area contributed by atoms with E-state index in [2.05, 4.69) is 10.5 Å². The fraction of sp³-hybridized carbons (Fsp3) is 0.542. The molecule has 1 aromatic heterocycles. The summed E-state index contributed by atoms with van der Waals surface area (Å²) in [6.45, 7) is 1.47. The quantitative estimate of drug-likeness (QED) is 0.388. The van der Waals surface area contributed by atoms with Crippen LogP contribution in [0.3, 0.4) is 0 Å². The number of nitrogens with one attached hydrogen (secondary N) is 1. The number of halogens is 1. The Balaban J connectivity index is 0.00000306. The Morgan fingerprint density at radius 1 is 1.18 bits per heavy atom. The lowest BCUT2D eigenvalue weighted by atomic mass is 9.73. The summed E-state index contributed by atoms with van der Waals surface area (Å²) >= 11 is 0. The van der Waals surface area contributed by atoms with E-state index < -0.39 is 11.6 Å². The van der Waals surface area contributed by atoms with Crippen LogP contribution >= 0.6 is 0 Å². The van der Waals surface area contributed by atoms with E-state index in [0.717, 1.165) is 32.1 Å². The fourth-order valence-corrected chi connectivity index (χ4v) is 5.15. The van der Waals surface area contributed by atoms with Crippen LogP contribution in [0.1, 0.15) is 44.1 Å². The van der Waals surface area contributed by atoms with Gasteiger partial charge in [-0.1, -0.05) is 54.8 Å². The van der Waals surface area contributed by atoms with E-state index in [4.69, 9.17) is 9.26 Å². The maximum Gasteiger partial charge on any atom is 0.343 e. The number of quaternary nitrogens is 1. The summed E-state index contributed by atoms with van der Waals surface area (Å²) in [5, 5.41) is 18.1. The summed E-state index contributed by atoms with van der Waals surface area (Å²) in [6, 6.07) is 10.8. The van der Waals surface area contributed by atoms with Crippen LogP contribution in [0.25, 0.3) is 0 Å². The third-order valence-corrected chi connectivity index (χ3v) is 6.86. The number of carbonyl (C=O) groups excluding carboxylic acids is 2. The van der Waals surface area contributed by atoms with Gasteiger partial charge in [0.2, 0.25) is 0 Å². The van der Waals surface area contributed by atoms with E-state index >= 15 is 0 Å². The number of esters is 1. The zero-order chi connectivity index (χ0) is 22.6. The molecule has 1 saturated carbocycles. The van der Waals surface area contributed by atoms with Crippen LogP contribution < -0.4 is 22.3 Å². The Labute approximate surface area is 204 Å². The van der Waals surface area contributed by atoms with Crippen molar-refractivity contribution in [2.24, 2.45) is 5.92 Å². The smallest absolute Gasteiger partial charge is 0.343 e. The number of likely N-dealkylation sites (N-methyl/N-ethyl adjacent to an activating group) is 1. The van der Waals surface area contributed by atoms with E-state index in [-0.39, 0.29) is 41.5 Å². The molecular weight excluding hydrogens is 490 g/mol. The standard InChI is InChI=1S/C24H31N3O5.BrH/c1-27(17-22(28)25-21-13-15-31-26-21)14-12-20(16-27)32-23(29)24(30,18-8-4-2-5-9-18)19-10-6-3-7-11-19;/h2,4-5,8-9,13,15,19-20,30H,3,6-7,10-12,14,16-17H2,1H3;1H/t20-,24?,27?;/m1./s1. The number of aliphatic hydroxyl groups is 1. The second-order valence-electron chi connectivity index (χ2n) is 9.40. The molecule has 2 unspecified atom stereocenters. The zero-order valence-corrected chi connectivity index (χ0v) is 20.5. The van der Waals surface area contributed by atoms with E-state index in [1.54, 1.807) is 18.2 Å². The van der Waals surface area contributed by atoms with E-state index in [9.17, 15) is 14.7 Å². The van der Waals surface area contributed by atoms with Crippen molar-refractivity contribution in [3.63, 3.8) is 0 Å². The monoisotopic (exact) mass is 521 g/mol. The molecule has 0 radical (unpaired) electrons. The number of rotatable bonds is 7. The highest BCUT2D eigenvalue weighted by Gasteiger charge is 2.49. The number of aromatic nitrogens is 1. The number of ether oxygens (including phenoxy) is 1. The summed E-state index contributed by atoms with van der Waals surface area (Å²) in [5.74, 6) is -0.511. The van der Waals surface area contributed by atoms with Crippen molar-refractivity contribution < 1.29 is 45.4 Å². The predicted octanol–water partition coefficient (Wildman–Crippen LogP) is -0.153. The summed E-state index contributed by atoms with van der Waals surface area (Å²) in [6.07, 6.45) is 6.46. The van der Waals surface area contributed by atoms with Crippen LogP contribution in [0.2, 0.25) is 0 Å². The van der Waals surface area contributed by atoms with Crippen LogP contribution in [-0.2, 0) is 19.9 Å². The molecule has 33 heavy (non-hydrogen) atoms. The minimum atomic E-state index is -1.64. The Hall–Kier alpha value is -2.23. The van der Waals surface area contributed by atoms with Gasteiger partial charge in [0, 0.05) is 18.4 Å². The summed E-state index contributed by atoms with van der Waals surface area (Å²) in [7, 11) is 1.97. The summed E-state index contributed by atoms with van der Waals surface area (Å²) < 4.78 is 11.1. The molecule has 1 amide bonds. The molecule has 3 atom stereocenters. The molecule has 2 heterocycles. The van der Waals surface area contributed by atoms with Crippen molar-refractivity contribution in [2.45, 2.75) is 50.2 Å². The van der Waals surface area contributed by atoms with Crippen molar-refractivity contribution >= 4 is 17.7 Å². The first-order valence-corrected chi connectivity index (χ1v) is 11.4. The van der Waals surface area contributed by atoms with Gasteiger partial charge in [0.15, 0.2) is 24.1 Å². The van der Waals surface area contributed by atoms with Gasteiger partial charge >= 0.3 is 5.97 Å². The minimum Gasteiger partial charge on any atom is -1.00 e. The van der Waals surface area contributed by atoms with Crippen molar-refractivity contribution in [3.05, 3.63) is 48.2 Å². The molecule has 180 valence electrons. The SMILES string of the molecule is C[N+]1(CC(=O)Nc2ccon2)CC[C@@H](OC(=O)C(O)(c2ccccc2)C2CCCCC2)C1.[Br-]. The Kier molecular flexibility index (Phi) is 8.31. The van der Waals surface area contributed by atoms with Gasteiger partial charge in [-0.25, -0.2) is 4.79 Å². The lowest BCUT2D eigenvalue weighted by molar-refractivity contribution is -0.890. The maximum absolute atomic E-state index is 13.4. The highest BCUT2D eigenvalue weighted by molar-refractivity contribution is 5.90. The predicted molar refractivity (Wildman–Crippen MR) is 117 cm³/mol. The molecule has 1 aromatic carbocycles. The molecule has 9 heteroatoms. The summed E-state index contributed by atoms with van der Waals surface area (Å²) in [5.41, 5.74) is -1.04. The minimum absolute atomic E-state index is 0. The average Bonchev–Trinajstić information content (AvgIpc) is 3.43. The number of nitrogens with zero attached hydrogens (tertiary/aromatic N) is 2. The van der Waals surface area contributed by atoms with Crippen molar-refractivity contribution in [1.29, 1.82) is 0 Å². The third-order valence-electron chi connectivity index (χ3n) is 6.86. The number of anilines is 1. The van der Waals surface area contributed by atoms with Gasteiger partial charge in [-0.2, -0.15) is 0 Å². The average molecular weight is 522 g/mol. The van der Waals surface area contributed by atoms with E-state index in [0.29, 0.717) is 35.4 Å². The molecule has 0 bridgehead atoms. The Morgan fingerprint density at radius 3 is 2.58 bits per heavy atom. The van der Waals surface area contributed by atoms with E-state index in [1.165, 1.54) is 6.26 Å². The molecular formula is C24H32BrN3O5. The molecule has 2 N–H and O–H groups in total. The molecule has 1 aliphatic carbocycles. The molecule has 1 saturated heterocycles. The molecule has 8 nitrogen and oxygen atoms in total. The summed E-state index contributed by atoms with van der Waals surface area (Å²) in [4.78, 5) is 25.8. The largest absolute Gasteiger partial charge is 1.00 e. The van der Waals surface area contributed by atoms with Gasteiger partial charge in [0.1, 0.15) is 12.8 Å². The molecule has 2 fully saturated rings. The van der Waals surface area contributed by atoms with Gasteiger partial charge in [-0.05, 0) is 18.4 Å². The molecule has 2 aliphatic rings. The lowest BCUT2D eigenvalue weighted by Gasteiger charge is -2.37. The van der Waals surface area contributed by atoms with Crippen molar-refractivity contribution in [3.8, 4) is 0 Å². The number of hydrogen-bond donors (Lipinski definition) is 2. The number of carbonyl (C=O) groups is 2. The number of amides is 1. The highest BCUT2D eigenvalue weighted by Crippen LogP contribution is 2.41. The fourth-order valence-electron chi connectivity index (χ4n) is 5.15. The van der Waals surface area contributed by atoms with Crippen molar-refractivity contribution in [1.82, 2.24) is 5.16 Å². The number of benzene rings is 1. The van der Waals surface area contributed by atoms with Crippen LogP contribution in [-0.4, -0.2) is 59.4 Å². The lowest BCUT2D eigenvalue weighted by Crippen LogP contribution is -3.00. The van der Waals surface area contributed by atoms with E-state index in [1.807, 2.05) is 25.2 Å². The first kappa shape index (κ1) is 25.4. The molecule has 0 spiro atoms. The normalized spacial score (nSPS) is 25.0. The van der Waals surface area contributed by atoms with Crippen LogP contribution in [0, 0.1) is 5.92 Å². The Morgan fingerprint density at radius 2 is 1.91 bits per heavy atom. The van der Waals surface area contributed by atoms with Crippen LogP contribution in [0.4, 0.5) is 5.82 Å². The Bertz CT molecular complexity index is 919. The zero-order valence-electron chi connectivity index (χ0n) is 18.9. The maximum atomic E-state index is 13.4. The highest BCUT2D eigenvalue weighted by atomic mass is 79.9. The van der Waals surface area contributed by atoms with Crippen LogP contribution in [0.5, 0.6) is 0 Å². The molecule has 4 rings (SSSR count). The molecule has 2 aromatic rings. The second kappa shape index (κ2) is 10.8. The number of hydrogen-bond acceptors (Lipinski definition) is 6. The van der Waals surface area contributed by atoms with Gasteiger partial charge in [0.05, 0.1) is 13.6 Å².